The number of hydrogen-bond donors (Lipinski definition) is 2. The van der Waals surface area contributed by atoms with Crippen molar-refractivity contribution in [1.29, 1.82) is 0 Å². The van der Waals surface area contributed by atoms with Crippen molar-refractivity contribution in [2.24, 2.45) is 0 Å². The summed E-state index contributed by atoms with van der Waals surface area (Å²) in [7, 11) is -0.429. The van der Waals surface area contributed by atoms with E-state index in [1.807, 2.05) is 12.1 Å². The van der Waals surface area contributed by atoms with Crippen LogP contribution in [-0.2, 0) is 10.0 Å². The lowest BCUT2D eigenvalue weighted by molar-refractivity contribution is 0.395. The highest BCUT2D eigenvalue weighted by molar-refractivity contribution is 7.92. The highest BCUT2D eigenvalue weighted by Crippen LogP contribution is 2.31. The predicted octanol–water partition coefficient (Wildman–Crippen LogP) is 4.25. The molecule has 2 N–H and O–H groups in total. The number of hydrogen-bond acceptors (Lipinski definition) is 5. The topological polar surface area (TPSA) is 76.7 Å². The molecule has 6 nitrogen and oxygen atoms in total. The fourth-order valence-electron chi connectivity index (χ4n) is 2.49. The monoisotopic (exact) mass is 384 g/mol. The van der Waals surface area contributed by atoms with Gasteiger partial charge in [0.15, 0.2) is 0 Å². The van der Waals surface area contributed by atoms with E-state index in [0.29, 0.717) is 17.2 Å². The van der Waals surface area contributed by atoms with Gasteiger partial charge >= 0.3 is 0 Å². The van der Waals surface area contributed by atoms with Crippen LogP contribution in [0.5, 0.6) is 11.5 Å². The number of ether oxygens (including phenoxy) is 2. The Morgan fingerprint density at radius 1 is 0.778 bits per heavy atom. The Bertz CT molecular complexity index is 1000. The van der Waals surface area contributed by atoms with Crippen molar-refractivity contribution in [1.82, 2.24) is 0 Å². The van der Waals surface area contributed by atoms with Crippen LogP contribution in [0, 0.1) is 0 Å². The van der Waals surface area contributed by atoms with E-state index < -0.39 is 10.0 Å². The Balaban J connectivity index is 1.75. The molecule has 0 heterocycles. The lowest BCUT2D eigenvalue weighted by Crippen LogP contribution is -2.12. The molecule has 27 heavy (non-hydrogen) atoms. The van der Waals surface area contributed by atoms with Gasteiger partial charge in [-0.25, -0.2) is 8.42 Å². The first-order valence-corrected chi connectivity index (χ1v) is 9.67. The second-order valence-electron chi connectivity index (χ2n) is 5.69. The maximum atomic E-state index is 12.4. The summed E-state index contributed by atoms with van der Waals surface area (Å²) in [6.07, 6.45) is 0. The molecule has 3 aromatic carbocycles. The number of sulfonamides is 1. The zero-order valence-corrected chi connectivity index (χ0v) is 15.8. The maximum absolute atomic E-state index is 12.4. The van der Waals surface area contributed by atoms with E-state index >= 15 is 0 Å². The van der Waals surface area contributed by atoms with Crippen molar-refractivity contribution in [2.45, 2.75) is 4.90 Å². The Labute approximate surface area is 158 Å². The Morgan fingerprint density at radius 2 is 1.44 bits per heavy atom. The second kappa shape index (κ2) is 8.01. The van der Waals surface area contributed by atoms with E-state index in [2.05, 4.69) is 10.0 Å². The lowest BCUT2D eigenvalue weighted by atomic mass is 10.2. The van der Waals surface area contributed by atoms with Gasteiger partial charge < -0.3 is 14.8 Å². The molecule has 3 rings (SSSR count). The van der Waals surface area contributed by atoms with Gasteiger partial charge in [-0.15, -0.1) is 0 Å². The first kappa shape index (κ1) is 18.6. The summed E-state index contributed by atoms with van der Waals surface area (Å²) < 4.78 is 37.9. The molecular weight excluding hydrogens is 364 g/mol. The highest BCUT2D eigenvalue weighted by Gasteiger charge is 2.13. The molecular formula is C20H20N2O4S. The van der Waals surface area contributed by atoms with Crippen LogP contribution in [0.2, 0.25) is 0 Å². The molecule has 0 bridgehead atoms. The summed E-state index contributed by atoms with van der Waals surface area (Å²) in [6.45, 7) is 0. The Morgan fingerprint density at radius 3 is 2.07 bits per heavy atom. The molecule has 140 valence electrons. The number of benzene rings is 3. The van der Waals surface area contributed by atoms with Crippen molar-refractivity contribution >= 4 is 27.1 Å². The van der Waals surface area contributed by atoms with E-state index in [1.54, 1.807) is 74.9 Å². The highest BCUT2D eigenvalue weighted by atomic mass is 32.2. The molecule has 7 heteroatoms. The van der Waals surface area contributed by atoms with Crippen molar-refractivity contribution in [3.8, 4) is 11.5 Å². The fourth-order valence-corrected chi connectivity index (χ4v) is 3.57. The molecule has 0 aromatic heterocycles. The van der Waals surface area contributed by atoms with Gasteiger partial charge in [-0.3, -0.25) is 4.72 Å². The van der Waals surface area contributed by atoms with Crippen LogP contribution in [0.1, 0.15) is 0 Å². The van der Waals surface area contributed by atoms with Crippen LogP contribution in [0.25, 0.3) is 0 Å². The van der Waals surface area contributed by atoms with Crippen molar-refractivity contribution < 1.29 is 17.9 Å². The Hall–Kier alpha value is -3.19. The standard InChI is InChI=1S/C20H20N2O4S/c1-25-17-12-13-19(20(14-17)26-2)21-15-8-10-16(11-9-15)22-27(23,24)18-6-4-3-5-7-18/h3-14,21-22H,1-2H3. The zero-order valence-electron chi connectivity index (χ0n) is 15.0. The molecule has 0 aliphatic carbocycles. The number of anilines is 3. The molecule has 0 atom stereocenters. The smallest absolute Gasteiger partial charge is 0.261 e. The third-order valence-corrected chi connectivity index (χ3v) is 5.28. The molecule has 0 radical (unpaired) electrons. The first-order chi connectivity index (χ1) is 13.0. The summed E-state index contributed by atoms with van der Waals surface area (Å²) in [4.78, 5) is 0.218. The molecule has 0 spiro atoms. The van der Waals surface area contributed by atoms with Gasteiger partial charge in [-0.2, -0.15) is 0 Å². The van der Waals surface area contributed by atoms with E-state index in [1.165, 1.54) is 0 Å². The van der Waals surface area contributed by atoms with Crippen LogP contribution in [0.3, 0.4) is 0 Å². The predicted molar refractivity (Wildman–Crippen MR) is 107 cm³/mol. The second-order valence-corrected chi connectivity index (χ2v) is 7.37. The maximum Gasteiger partial charge on any atom is 0.261 e. The molecule has 0 aliphatic rings. The molecule has 0 aliphatic heterocycles. The number of rotatable bonds is 7. The van der Waals surface area contributed by atoms with Gasteiger partial charge in [0.05, 0.1) is 24.8 Å². The lowest BCUT2D eigenvalue weighted by Gasteiger charge is -2.13. The van der Waals surface area contributed by atoms with Crippen molar-refractivity contribution in [3.05, 3.63) is 72.8 Å². The molecule has 0 unspecified atom stereocenters. The van der Waals surface area contributed by atoms with Crippen LogP contribution >= 0.6 is 0 Å². The number of nitrogens with one attached hydrogen (secondary N) is 2. The van der Waals surface area contributed by atoms with Gasteiger partial charge in [-0.1, -0.05) is 18.2 Å². The van der Waals surface area contributed by atoms with Crippen molar-refractivity contribution in [2.75, 3.05) is 24.3 Å². The third-order valence-electron chi connectivity index (χ3n) is 3.88. The fraction of sp³-hybridized carbons (Fsp3) is 0.100. The third kappa shape index (κ3) is 4.51. The zero-order chi connectivity index (χ0) is 19.3. The molecule has 0 fully saturated rings. The van der Waals surface area contributed by atoms with Crippen LogP contribution in [0.4, 0.5) is 17.1 Å². The molecule has 0 amide bonds. The van der Waals surface area contributed by atoms with Crippen LogP contribution in [-0.4, -0.2) is 22.6 Å². The average molecular weight is 384 g/mol. The molecule has 3 aromatic rings. The first-order valence-electron chi connectivity index (χ1n) is 8.19. The van der Waals surface area contributed by atoms with Crippen LogP contribution < -0.4 is 19.5 Å². The largest absolute Gasteiger partial charge is 0.497 e. The summed E-state index contributed by atoms with van der Waals surface area (Å²) in [5.41, 5.74) is 2.04. The normalized spacial score (nSPS) is 10.9. The SMILES string of the molecule is COc1ccc(Nc2ccc(NS(=O)(=O)c3ccccc3)cc2)c(OC)c1. The van der Waals surface area contributed by atoms with Crippen LogP contribution in [0.15, 0.2) is 77.7 Å². The van der Waals surface area contributed by atoms with E-state index in [9.17, 15) is 8.42 Å². The van der Waals surface area contributed by atoms with Gasteiger partial charge in [0.2, 0.25) is 0 Å². The van der Waals surface area contributed by atoms with Gasteiger partial charge in [-0.05, 0) is 48.5 Å². The van der Waals surface area contributed by atoms with Gasteiger partial charge in [0.1, 0.15) is 11.5 Å². The van der Waals surface area contributed by atoms with E-state index in [-0.39, 0.29) is 4.90 Å². The minimum atomic E-state index is -3.61. The summed E-state index contributed by atoms with van der Waals surface area (Å²) in [5, 5.41) is 3.24. The van der Waals surface area contributed by atoms with E-state index in [4.69, 9.17) is 9.47 Å². The minimum absolute atomic E-state index is 0.218. The molecule has 0 saturated carbocycles. The average Bonchev–Trinajstić information content (AvgIpc) is 2.70. The Kier molecular flexibility index (Phi) is 5.52. The van der Waals surface area contributed by atoms with Gasteiger partial charge in [0.25, 0.3) is 10.0 Å². The minimum Gasteiger partial charge on any atom is -0.497 e. The number of methoxy groups -OCH3 is 2. The molecule has 0 saturated heterocycles. The van der Waals surface area contributed by atoms with Crippen molar-refractivity contribution in [3.63, 3.8) is 0 Å². The summed E-state index contributed by atoms with van der Waals surface area (Å²) >= 11 is 0. The van der Waals surface area contributed by atoms with Gasteiger partial charge in [0, 0.05) is 17.4 Å². The van der Waals surface area contributed by atoms with E-state index in [0.717, 1.165) is 11.4 Å². The quantitative estimate of drug-likeness (QED) is 0.637. The summed E-state index contributed by atoms with van der Waals surface area (Å²) in [6, 6.07) is 20.7. The summed E-state index contributed by atoms with van der Waals surface area (Å²) in [5.74, 6) is 1.34.